The van der Waals surface area contributed by atoms with Crippen molar-refractivity contribution in [3.63, 3.8) is 0 Å². The Kier molecular flexibility index (Phi) is 4.71. The molecule has 3 fully saturated rings. The molecular weight excluding hydrogens is 436 g/mol. The zero-order valence-electron chi connectivity index (χ0n) is 19.0. The fourth-order valence-electron chi connectivity index (χ4n) is 6.31. The van der Waals surface area contributed by atoms with E-state index in [1.165, 1.54) is 0 Å². The number of methoxy groups -OCH3 is 1. The first-order valence-corrected chi connectivity index (χ1v) is 11.6. The van der Waals surface area contributed by atoms with Crippen molar-refractivity contribution in [3.8, 4) is 5.75 Å². The number of ketones is 1. The molecular formula is C26H26N2O6. The van der Waals surface area contributed by atoms with E-state index in [-0.39, 0.29) is 24.0 Å². The highest BCUT2D eigenvalue weighted by Crippen LogP contribution is 2.59. The van der Waals surface area contributed by atoms with Crippen molar-refractivity contribution in [2.45, 2.75) is 43.7 Å². The first-order valence-electron chi connectivity index (χ1n) is 11.6. The fraction of sp³-hybridized carbons (Fsp3) is 0.423. The number of rotatable bonds is 5. The minimum atomic E-state index is -0.982. The summed E-state index contributed by atoms with van der Waals surface area (Å²) in [5.74, 6) is -0.709. The third kappa shape index (κ3) is 2.84. The highest BCUT2D eigenvalue weighted by molar-refractivity contribution is 5.96. The van der Waals surface area contributed by atoms with Crippen LogP contribution in [0.15, 0.2) is 59.2 Å². The number of furan rings is 1. The van der Waals surface area contributed by atoms with Gasteiger partial charge in [-0.15, -0.1) is 0 Å². The lowest BCUT2D eigenvalue weighted by Gasteiger charge is -2.43. The molecule has 1 N–H and O–H groups in total. The van der Waals surface area contributed by atoms with Gasteiger partial charge in [-0.3, -0.25) is 14.4 Å². The zero-order valence-corrected chi connectivity index (χ0v) is 19.0. The van der Waals surface area contributed by atoms with Crippen LogP contribution in [0.2, 0.25) is 0 Å². The lowest BCUT2D eigenvalue weighted by atomic mass is 9.70. The number of nitrogens with one attached hydrogen (secondary N) is 1. The molecule has 2 aromatic rings. The third-order valence-corrected chi connectivity index (χ3v) is 7.88. The molecule has 8 heteroatoms. The van der Waals surface area contributed by atoms with E-state index in [0.29, 0.717) is 12.3 Å². The maximum absolute atomic E-state index is 13.9. The van der Waals surface area contributed by atoms with Gasteiger partial charge in [-0.05, 0) is 29.8 Å². The molecule has 2 bridgehead atoms. The maximum atomic E-state index is 13.9. The van der Waals surface area contributed by atoms with E-state index < -0.39 is 41.5 Å². The van der Waals surface area contributed by atoms with E-state index in [1.807, 2.05) is 43.3 Å². The van der Waals surface area contributed by atoms with Gasteiger partial charge in [0.15, 0.2) is 0 Å². The molecule has 4 aliphatic rings. The van der Waals surface area contributed by atoms with Crippen LogP contribution < -0.4 is 10.1 Å². The van der Waals surface area contributed by atoms with Gasteiger partial charge < -0.3 is 24.1 Å². The molecule has 0 radical (unpaired) electrons. The van der Waals surface area contributed by atoms with Gasteiger partial charge in [0.2, 0.25) is 11.8 Å². The van der Waals surface area contributed by atoms with Crippen molar-refractivity contribution in [2.24, 2.45) is 17.8 Å². The van der Waals surface area contributed by atoms with Crippen molar-refractivity contribution >= 4 is 17.6 Å². The fourth-order valence-corrected chi connectivity index (χ4v) is 6.31. The quantitative estimate of drug-likeness (QED) is 0.686. The first-order chi connectivity index (χ1) is 16.4. The van der Waals surface area contributed by atoms with Gasteiger partial charge in [0, 0.05) is 18.9 Å². The van der Waals surface area contributed by atoms with Crippen molar-refractivity contribution in [1.29, 1.82) is 0 Å². The van der Waals surface area contributed by atoms with Crippen LogP contribution in [0, 0.1) is 17.8 Å². The summed E-state index contributed by atoms with van der Waals surface area (Å²) in [6.07, 6.45) is 5.04. The summed E-state index contributed by atoms with van der Waals surface area (Å²) in [7, 11) is 1.60. The molecule has 7 atom stereocenters. The van der Waals surface area contributed by atoms with E-state index in [4.69, 9.17) is 13.9 Å². The summed E-state index contributed by atoms with van der Waals surface area (Å²) < 4.78 is 17.2. The molecule has 0 unspecified atom stereocenters. The molecule has 3 saturated heterocycles. The van der Waals surface area contributed by atoms with Crippen LogP contribution in [-0.2, 0) is 25.7 Å². The summed E-state index contributed by atoms with van der Waals surface area (Å²) in [6, 6.07) is 10.0. The minimum Gasteiger partial charge on any atom is -0.497 e. The lowest BCUT2D eigenvalue weighted by Crippen LogP contribution is -2.55. The number of ether oxygens (including phenoxy) is 2. The zero-order chi connectivity index (χ0) is 23.6. The van der Waals surface area contributed by atoms with E-state index in [2.05, 4.69) is 5.32 Å². The number of nitrogens with zero attached hydrogens (tertiary/aromatic N) is 1. The Balaban J connectivity index is 1.29. The number of amides is 2. The van der Waals surface area contributed by atoms with Crippen LogP contribution in [0.5, 0.6) is 5.75 Å². The highest BCUT2D eigenvalue weighted by atomic mass is 16.5. The van der Waals surface area contributed by atoms with Crippen molar-refractivity contribution in [2.75, 3.05) is 7.11 Å². The molecule has 1 aromatic carbocycles. The summed E-state index contributed by atoms with van der Waals surface area (Å²) in [6.45, 7) is 2.19. The number of Topliss-reactive ketones (excluding diaryl/α,β-unsaturated/α-hetero) is 1. The molecule has 5 heterocycles. The minimum absolute atomic E-state index is 0.0679. The molecule has 4 aliphatic heterocycles. The van der Waals surface area contributed by atoms with Gasteiger partial charge in [0.05, 0.1) is 43.4 Å². The Morgan fingerprint density at radius 2 is 2.03 bits per heavy atom. The third-order valence-electron chi connectivity index (χ3n) is 7.88. The van der Waals surface area contributed by atoms with Crippen molar-refractivity contribution in [3.05, 3.63) is 66.1 Å². The van der Waals surface area contributed by atoms with Gasteiger partial charge in [0.25, 0.3) is 0 Å². The summed E-state index contributed by atoms with van der Waals surface area (Å²) in [5.41, 5.74) is -0.0553. The van der Waals surface area contributed by atoms with Gasteiger partial charge in [-0.25, -0.2) is 0 Å². The normalized spacial score (nSPS) is 35.4. The number of carbonyl (C=O) groups is 3. The second-order valence-corrected chi connectivity index (χ2v) is 9.55. The molecule has 1 aromatic heterocycles. The second-order valence-electron chi connectivity index (χ2n) is 9.55. The number of piperidine rings is 1. The van der Waals surface area contributed by atoms with Crippen LogP contribution in [0.1, 0.15) is 30.7 Å². The average Bonchev–Trinajstić information content (AvgIpc) is 3.62. The van der Waals surface area contributed by atoms with Crippen LogP contribution in [-0.4, -0.2) is 47.4 Å². The second kappa shape index (κ2) is 7.56. The van der Waals surface area contributed by atoms with Crippen LogP contribution in [0.25, 0.3) is 0 Å². The number of hydrogen-bond donors (Lipinski definition) is 1. The number of carbonyl (C=O) groups excluding carboxylic acids is 3. The first kappa shape index (κ1) is 21.2. The van der Waals surface area contributed by atoms with E-state index in [9.17, 15) is 14.4 Å². The van der Waals surface area contributed by atoms with Crippen LogP contribution in [0.4, 0.5) is 0 Å². The van der Waals surface area contributed by atoms with E-state index in [1.54, 1.807) is 30.4 Å². The molecule has 6 rings (SSSR count). The highest BCUT2D eigenvalue weighted by Gasteiger charge is 2.74. The van der Waals surface area contributed by atoms with Crippen LogP contribution in [0.3, 0.4) is 0 Å². The monoisotopic (exact) mass is 462 g/mol. The summed E-state index contributed by atoms with van der Waals surface area (Å²) in [5, 5.41) is 2.98. The number of hydrogen-bond acceptors (Lipinski definition) is 6. The van der Waals surface area contributed by atoms with Gasteiger partial charge in [-0.1, -0.05) is 31.2 Å². The van der Waals surface area contributed by atoms with E-state index in [0.717, 1.165) is 11.3 Å². The smallest absolute Gasteiger partial charge is 0.230 e. The predicted molar refractivity (Wildman–Crippen MR) is 119 cm³/mol. The molecule has 0 saturated carbocycles. The molecule has 8 nitrogen and oxygen atoms in total. The Morgan fingerprint density at radius 3 is 2.74 bits per heavy atom. The predicted octanol–water partition coefficient (Wildman–Crippen LogP) is 2.41. The van der Waals surface area contributed by atoms with E-state index >= 15 is 0 Å². The standard InChI is InChI=1S/C26H26N2O6/c1-14-18(29)12-17(19-4-3-11-33-19)28-23(14)26-10-9-20(34-26)21(22(26)25(28)31)24(30)27-13-15-5-7-16(32-2)8-6-15/h3-11,14,17,20-23H,12-13H2,1-2H3,(H,27,30)/t14-,17-,20+,21-,22-,23+,26-/m1/s1. The van der Waals surface area contributed by atoms with Crippen LogP contribution >= 0.6 is 0 Å². The SMILES string of the molecule is COc1ccc(CNC(=O)[C@@H]2[C@@H]3C=C[C@]4(O3)[C@@H]3[C@H](C)C(=O)C[C@H](c5ccco5)N3C(=O)[C@@H]24)cc1. The number of benzene rings is 1. The molecule has 1 spiro atoms. The summed E-state index contributed by atoms with van der Waals surface area (Å²) >= 11 is 0. The molecule has 2 amide bonds. The van der Waals surface area contributed by atoms with Gasteiger partial charge >= 0.3 is 0 Å². The largest absolute Gasteiger partial charge is 0.497 e. The molecule has 0 aliphatic carbocycles. The Hall–Kier alpha value is -3.39. The maximum Gasteiger partial charge on any atom is 0.230 e. The Morgan fingerprint density at radius 1 is 1.24 bits per heavy atom. The number of fused-ring (bicyclic) bond motifs is 2. The Labute approximate surface area is 196 Å². The molecule has 176 valence electrons. The van der Waals surface area contributed by atoms with Gasteiger partial charge in [0.1, 0.15) is 22.9 Å². The topological polar surface area (TPSA) is 98.1 Å². The van der Waals surface area contributed by atoms with Gasteiger partial charge in [-0.2, -0.15) is 0 Å². The average molecular weight is 463 g/mol. The van der Waals surface area contributed by atoms with Crippen molar-refractivity contribution in [1.82, 2.24) is 10.2 Å². The van der Waals surface area contributed by atoms with Crippen molar-refractivity contribution < 1.29 is 28.3 Å². The molecule has 34 heavy (non-hydrogen) atoms. The lowest BCUT2D eigenvalue weighted by molar-refractivity contribution is -0.148. The summed E-state index contributed by atoms with van der Waals surface area (Å²) in [4.78, 5) is 42.0. The Bertz CT molecular complexity index is 1170.